The monoisotopic (exact) mass is 274 g/mol. The Morgan fingerprint density at radius 3 is 2.47 bits per heavy atom. The molecular formula is C15H22N2OSi. The van der Waals surface area contributed by atoms with Gasteiger partial charge in [-0.05, 0) is 32.6 Å². The Morgan fingerprint density at radius 1 is 1.26 bits per heavy atom. The second kappa shape index (κ2) is 4.66. The molecule has 0 amide bonds. The first-order chi connectivity index (χ1) is 8.80. The molecule has 19 heavy (non-hydrogen) atoms. The molecule has 0 aromatic heterocycles. The average molecular weight is 274 g/mol. The molecular weight excluding hydrogens is 252 g/mol. The largest absolute Gasteiger partial charge is 0.396 e. The summed E-state index contributed by atoms with van der Waals surface area (Å²) in [5.41, 5.74) is 1.17. The summed E-state index contributed by atoms with van der Waals surface area (Å²) in [5.74, 6) is 0.110. The van der Waals surface area contributed by atoms with Crippen LogP contribution in [0.15, 0.2) is 24.3 Å². The number of anilines is 1. The Morgan fingerprint density at radius 2 is 1.89 bits per heavy atom. The molecule has 4 heteroatoms. The molecule has 0 fully saturated rings. The summed E-state index contributed by atoms with van der Waals surface area (Å²) in [4.78, 5) is 0. The third-order valence-electron chi connectivity index (χ3n) is 3.73. The zero-order valence-electron chi connectivity index (χ0n) is 12.3. The van der Waals surface area contributed by atoms with E-state index in [1.54, 1.807) is 0 Å². The van der Waals surface area contributed by atoms with E-state index in [1.165, 1.54) is 0 Å². The second-order valence-electron chi connectivity index (χ2n) is 6.33. The lowest BCUT2D eigenvalue weighted by Gasteiger charge is -2.45. The van der Waals surface area contributed by atoms with Crippen LogP contribution in [0.25, 0.3) is 0 Å². The molecule has 0 aliphatic carbocycles. The van der Waals surface area contributed by atoms with Gasteiger partial charge >= 0.3 is 0 Å². The summed E-state index contributed by atoms with van der Waals surface area (Å²) in [7, 11) is -1.83. The van der Waals surface area contributed by atoms with Crippen LogP contribution in [0.4, 0.5) is 5.69 Å². The van der Waals surface area contributed by atoms with E-state index in [2.05, 4.69) is 44.9 Å². The number of fused-ring (bicyclic) bond motifs is 1. The Balaban J connectivity index is 2.60. The van der Waals surface area contributed by atoms with Crippen LogP contribution in [0.1, 0.15) is 19.4 Å². The molecule has 102 valence electrons. The van der Waals surface area contributed by atoms with E-state index in [9.17, 15) is 5.26 Å². The number of nitrogens with zero attached hydrogens (tertiary/aromatic N) is 1. The molecule has 0 radical (unpaired) electrons. The minimum Gasteiger partial charge on any atom is -0.396 e. The Kier molecular flexibility index (Phi) is 3.46. The lowest BCUT2D eigenvalue weighted by molar-refractivity contribution is 0.0479. The average Bonchev–Trinajstić information content (AvgIpc) is 2.33. The van der Waals surface area contributed by atoms with Gasteiger partial charge in [-0.1, -0.05) is 25.1 Å². The topological polar surface area (TPSA) is 45.0 Å². The summed E-state index contributed by atoms with van der Waals surface area (Å²) in [6, 6.07) is 10.7. The predicted octanol–water partition coefficient (Wildman–Crippen LogP) is 3.71. The molecule has 1 aliphatic heterocycles. The summed E-state index contributed by atoms with van der Waals surface area (Å²) in [6.07, 6.45) is 0. The van der Waals surface area contributed by atoms with E-state index in [0.29, 0.717) is 0 Å². The lowest BCUT2D eigenvalue weighted by atomic mass is 9.76. The number of hydrogen-bond acceptors (Lipinski definition) is 3. The minimum atomic E-state index is -1.83. The molecule has 1 N–H and O–H groups in total. The second-order valence-corrected chi connectivity index (χ2v) is 10.8. The van der Waals surface area contributed by atoms with E-state index in [4.69, 9.17) is 4.43 Å². The highest BCUT2D eigenvalue weighted by Crippen LogP contribution is 2.45. The molecule has 3 unspecified atom stereocenters. The summed E-state index contributed by atoms with van der Waals surface area (Å²) in [6.45, 7) is 10.6. The molecule has 3 nitrogen and oxygen atoms in total. The zero-order chi connectivity index (χ0) is 14.3. The molecule has 1 heterocycles. The fourth-order valence-electron chi connectivity index (χ4n) is 2.72. The standard InChI is InChI=1S/C15H22N2OSi/c1-11-12(2)17-14-9-7-6-8-13(14)15(11,10-16)18-19(3,4)5/h6-9,11-12,17H,1-5H3. The van der Waals surface area contributed by atoms with Crippen molar-refractivity contribution < 1.29 is 4.43 Å². The SMILES string of the molecule is CC1Nc2ccccc2C(C#N)(O[Si](C)(C)C)C1C. The molecule has 1 aromatic carbocycles. The summed E-state index contributed by atoms with van der Waals surface area (Å²) >= 11 is 0. The number of para-hydroxylation sites is 1. The quantitative estimate of drug-likeness (QED) is 0.836. The Labute approximate surface area is 116 Å². The number of benzene rings is 1. The zero-order valence-corrected chi connectivity index (χ0v) is 13.3. The van der Waals surface area contributed by atoms with Crippen LogP contribution < -0.4 is 5.32 Å². The van der Waals surface area contributed by atoms with Crippen molar-refractivity contribution in [2.75, 3.05) is 5.32 Å². The van der Waals surface area contributed by atoms with Gasteiger partial charge in [0.1, 0.15) is 6.07 Å². The van der Waals surface area contributed by atoms with Crippen LogP contribution in [0.5, 0.6) is 0 Å². The van der Waals surface area contributed by atoms with Crippen molar-refractivity contribution in [3.8, 4) is 6.07 Å². The molecule has 2 rings (SSSR count). The van der Waals surface area contributed by atoms with Gasteiger partial charge < -0.3 is 9.74 Å². The molecule has 3 atom stereocenters. The van der Waals surface area contributed by atoms with Crippen molar-refractivity contribution in [1.29, 1.82) is 5.26 Å². The summed E-state index contributed by atoms with van der Waals surface area (Å²) < 4.78 is 6.36. The van der Waals surface area contributed by atoms with Crippen LogP contribution >= 0.6 is 0 Å². The van der Waals surface area contributed by atoms with Crippen LogP contribution in [0, 0.1) is 17.2 Å². The molecule has 1 aromatic rings. The fraction of sp³-hybridized carbons (Fsp3) is 0.533. The number of nitriles is 1. The van der Waals surface area contributed by atoms with Crippen LogP contribution in [0.2, 0.25) is 19.6 Å². The summed E-state index contributed by atoms with van der Waals surface area (Å²) in [5, 5.41) is 13.3. The number of hydrogen-bond donors (Lipinski definition) is 1. The third kappa shape index (κ3) is 2.40. The van der Waals surface area contributed by atoms with Crippen molar-refractivity contribution in [2.45, 2.75) is 45.1 Å². The first kappa shape index (κ1) is 14.1. The van der Waals surface area contributed by atoms with Crippen LogP contribution in [-0.2, 0) is 10.0 Å². The maximum Gasteiger partial charge on any atom is 0.186 e. The fourth-order valence-corrected chi connectivity index (χ4v) is 4.02. The van der Waals surface area contributed by atoms with Crippen molar-refractivity contribution in [3.63, 3.8) is 0 Å². The van der Waals surface area contributed by atoms with Gasteiger partial charge in [-0.15, -0.1) is 0 Å². The van der Waals surface area contributed by atoms with Gasteiger partial charge in [0.05, 0.1) is 0 Å². The number of rotatable bonds is 2. The molecule has 0 saturated carbocycles. The van der Waals surface area contributed by atoms with Gasteiger partial charge in [0.15, 0.2) is 13.9 Å². The van der Waals surface area contributed by atoms with E-state index in [0.717, 1.165) is 11.3 Å². The van der Waals surface area contributed by atoms with Gasteiger partial charge in [0.2, 0.25) is 0 Å². The molecule has 0 spiro atoms. The van der Waals surface area contributed by atoms with E-state index < -0.39 is 13.9 Å². The molecule has 0 bridgehead atoms. The third-order valence-corrected chi connectivity index (χ3v) is 4.67. The first-order valence-electron chi connectivity index (χ1n) is 6.77. The number of nitrogens with one attached hydrogen (secondary N) is 1. The maximum atomic E-state index is 9.86. The lowest BCUT2D eigenvalue weighted by Crippen LogP contribution is -2.51. The Hall–Kier alpha value is -1.31. The molecule has 1 aliphatic rings. The van der Waals surface area contributed by atoms with Gasteiger partial charge in [-0.25, -0.2) is 0 Å². The van der Waals surface area contributed by atoms with Gasteiger partial charge in [-0.3, -0.25) is 0 Å². The highest BCUT2D eigenvalue weighted by atomic mass is 28.4. The van der Waals surface area contributed by atoms with Gasteiger partial charge in [0.25, 0.3) is 0 Å². The maximum absolute atomic E-state index is 9.86. The van der Waals surface area contributed by atoms with Crippen molar-refractivity contribution in [2.24, 2.45) is 5.92 Å². The smallest absolute Gasteiger partial charge is 0.186 e. The predicted molar refractivity (Wildman–Crippen MR) is 80.4 cm³/mol. The van der Waals surface area contributed by atoms with Gasteiger partial charge in [0, 0.05) is 23.2 Å². The van der Waals surface area contributed by atoms with Crippen molar-refractivity contribution >= 4 is 14.0 Å². The van der Waals surface area contributed by atoms with Gasteiger partial charge in [-0.2, -0.15) is 5.26 Å². The van der Waals surface area contributed by atoms with Crippen molar-refractivity contribution in [3.05, 3.63) is 29.8 Å². The Bertz CT molecular complexity index is 518. The van der Waals surface area contributed by atoms with E-state index >= 15 is 0 Å². The highest BCUT2D eigenvalue weighted by molar-refractivity contribution is 6.69. The first-order valence-corrected chi connectivity index (χ1v) is 10.2. The normalized spacial score (nSPS) is 30.1. The van der Waals surface area contributed by atoms with E-state index in [1.807, 2.05) is 24.3 Å². The molecule has 0 saturated heterocycles. The minimum absolute atomic E-state index is 0.110. The van der Waals surface area contributed by atoms with Crippen molar-refractivity contribution in [1.82, 2.24) is 0 Å². The van der Waals surface area contributed by atoms with Crippen LogP contribution in [0.3, 0.4) is 0 Å². The highest BCUT2D eigenvalue weighted by Gasteiger charge is 2.49. The van der Waals surface area contributed by atoms with Crippen LogP contribution in [-0.4, -0.2) is 14.4 Å². The van der Waals surface area contributed by atoms with E-state index in [-0.39, 0.29) is 12.0 Å².